The van der Waals surface area contributed by atoms with Gasteiger partial charge in [0.2, 0.25) is 11.9 Å². The lowest BCUT2D eigenvalue weighted by Gasteiger charge is -2.30. The second kappa shape index (κ2) is 10.5. The molecule has 7 nitrogen and oxygen atoms in total. The van der Waals surface area contributed by atoms with Gasteiger partial charge >= 0.3 is 0 Å². The van der Waals surface area contributed by atoms with Gasteiger partial charge in [-0.2, -0.15) is 4.98 Å². The van der Waals surface area contributed by atoms with Gasteiger partial charge in [0.25, 0.3) is 0 Å². The number of methoxy groups -OCH3 is 1. The lowest BCUT2D eigenvalue weighted by molar-refractivity contribution is -0.122. The molecule has 4 rings (SSSR count). The Kier molecular flexibility index (Phi) is 7.27. The SMILES string of the molecule is COc1ccc(CCC(=O)N[C@H]2CC[C@@H](Nc3nc(N(C)C)c4ccccc4n3)CC2)cc1. The standard InChI is InChI=1S/C26H33N5O2/c1-31(2)25-22-6-4-5-7-23(22)29-26(30-25)28-20-13-11-19(12-14-20)27-24(32)17-10-18-8-15-21(33-3)16-9-18/h4-9,15-16,19-20H,10-14,17H2,1-3H3,(H,27,32)(H,28,29,30)/t19-,20+. The van der Waals surface area contributed by atoms with Gasteiger partial charge in [-0.25, -0.2) is 4.98 Å². The van der Waals surface area contributed by atoms with Crippen LogP contribution < -0.4 is 20.3 Å². The van der Waals surface area contributed by atoms with E-state index in [1.165, 1.54) is 0 Å². The summed E-state index contributed by atoms with van der Waals surface area (Å²) in [7, 11) is 5.66. The zero-order chi connectivity index (χ0) is 23.2. The van der Waals surface area contributed by atoms with Crippen molar-refractivity contribution < 1.29 is 9.53 Å². The maximum atomic E-state index is 12.4. The van der Waals surface area contributed by atoms with Gasteiger partial charge in [0.1, 0.15) is 11.6 Å². The summed E-state index contributed by atoms with van der Waals surface area (Å²) in [5, 5.41) is 7.79. The number of fused-ring (bicyclic) bond motifs is 1. The molecule has 0 bridgehead atoms. The number of carbonyl (C=O) groups is 1. The number of nitrogens with zero attached hydrogens (tertiary/aromatic N) is 3. The number of anilines is 2. The van der Waals surface area contributed by atoms with Crippen LogP contribution in [0, 0.1) is 0 Å². The summed E-state index contributed by atoms with van der Waals surface area (Å²) in [6.07, 6.45) is 5.12. The number of hydrogen-bond acceptors (Lipinski definition) is 6. The van der Waals surface area contributed by atoms with Crippen molar-refractivity contribution in [3.63, 3.8) is 0 Å². The summed E-state index contributed by atoms with van der Waals surface area (Å²) >= 11 is 0. The molecule has 33 heavy (non-hydrogen) atoms. The molecule has 1 amide bonds. The van der Waals surface area contributed by atoms with Gasteiger partial charge in [0, 0.05) is 38.0 Å². The number of rotatable bonds is 8. The number of para-hydroxylation sites is 1. The molecule has 1 aromatic heterocycles. The van der Waals surface area contributed by atoms with Crippen LogP contribution in [0.4, 0.5) is 11.8 Å². The van der Waals surface area contributed by atoms with Gasteiger partial charge in [0.05, 0.1) is 12.6 Å². The maximum absolute atomic E-state index is 12.4. The molecule has 1 aliphatic carbocycles. The molecule has 0 atom stereocenters. The van der Waals surface area contributed by atoms with E-state index in [4.69, 9.17) is 14.7 Å². The summed E-state index contributed by atoms with van der Waals surface area (Å²) in [6.45, 7) is 0. The number of hydrogen-bond donors (Lipinski definition) is 2. The number of carbonyl (C=O) groups excluding carboxylic acids is 1. The highest BCUT2D eigenvalue weighted by Crippen LogP contribution is 2.26. The van der Waals surface area contributed by atoms with Crippen molar-refractivity contribution in [2.24, 2.45) is 0 Å². The molecule has 2 N–H and O–H groups in total. The highest BCUT2D eigenvalue weighted by molar-refractivity contribution is 5.90. The molecule has 0 aliphatic heterocycles. The molecular weight excluding hydrogens is 414 g/mol. The number of benzene rings is 2. The first kappa shape index (κ1) is 22.8. The van der Waals surface area contributed by atoms with Crippen molar-refractivity contribution in [1.82, 2.24) is 15.3 Å². The lowest BCUT2D eigenvalue weighted by atomic mass is 9.91. The average molecular weight is 448 g/mol. The second-order valence-electron chi connectivity index (χ2n) is 8.89. The molecular formula is C26H33N5O2. The third kappa shape index (κ3) is 5.92. The number of ether oxygens (including phenoxy) is 1. The first-order valence-corrected chi connectivity index (χ1v) is 11.6. The maximum Gasteiger partial charge on any atom is 0.225 e. The van der Waals surface area contributed by atoms with Crippen molar-refractivity contribution in [2.75, 3.05) is 31.4 Å². The summed E-state index contributed by atoms with van der Waals surface area (Å²) in [5.41, 5.74) is 2.09. The third-order valence-corrected chi connectivity index (χ3v) is 6.23. The lowest BCUT2D eigenvalue weighted by Crippen LogP contribution is -2.40. The third-order valence-electron chi connectivity index (χ3n) is 6.23. The fourth-order valence-corrected chi connectivity index (χ4v) is 4.38. The van der Waals surface area contributed by atoms with Gasteiger partial charge in [-0.3, -0.25) is 4.79 Å². The van der Waals surface area contributed by atoms with Crippen molar-refractivity contribution in [1.29, 1.82) is 0 Å². The summed E-state index contributed by atoms with van der Waals surface area (Å²) < 4.78 is 5.18. The number of aryl methyl sites for hydroxylation is 1. The van der Waals surface area contributed by atoms with Crippen LogP contribution in [0.5, 0.6) is 5.75 Å². The average Bonchev–Trinajstić information content (AvgIpc) is 2.83. The Morgan fingerprint density at radius 3 is 2.39 bits per heavy atom. The predicted molar refractivity (Wildman–Crippen MR) is 133 cm³/mol. The van der Waals surface area contributed by atoms with E-state index in [1.54, 1.807) is 7.11 Å². The predicted octanol–water partition coefficient (Wildman–Crippen LogP) is 4.18. The van der Waals surface area contributed by atoms with E-state index < -0.39 is 0 Å². The fraction of sp³-hybridized carbons (Fsp3) is 0.423. The zero-order valence-electron chi connectivity index (χ0n) is 19.7. The van der Waals surface area contributed by atoms with Gasteiger partial charge < -0.3 is 20.3 Å². The largest absolute Gasteiger partial charge is 0.497 e. The van der Waals surface area contributed by atoms with Crippen LogP contribution >= 0.6 is 0 Å². The highest BCUT2D eigenvalue weighted by atomic mass is 16.5. The monoisotopic (exact) mass is 447 g/mol. The van der Waals surface area contributed by atoms with Gasteiger partial charge in [-0.05, 0) is 61.9 Å². The van der Waals surface area contributed by atoms with Crippen molar-refractivity contribution in [3.05, 3.63) is 54.1 Å². The molecule has 1 fully saturated rings. The van der Waals surface area contributed by atoms with E-state index in [0.717, 1.165) is 60.1 Å². The molecule has 7 heteroatoms. The number of aromatic nitrogens is 2. The van der Waals surface area contributed by atoms with Crippen LogP contribution in [0.2, 0.25) is 0 Å². The van der Waals surface area contributed by atoms with Crippen LogP contribution in [0.3, 0.4) is 0 Å². The van der Waals surface area contributed by atoms with Crippen LogP contribution in [0.25, 0.3) is 10.9 Å². The van der Waals surface area contributed by atoms with Crippen LogP contribution in [-0.4, -0.2) is 49.2 Å². The number of amides is 1. The molecule has 174 valence electrons. The Bertz CT molecular complexity index is 1080. The van der Waals surface area contributed by atoms with Crippen LogP contribution in [-0.2, 0) is 11.2 Å². The fourth-order valence-electron chi connectivity index (χ4n) is 4.38. The first-order chi connectivity index (χ1) is 16.0. The molecule has 1 aliphatic rings. The van der Waals surface area contributed by atoms with E-state index >= 15 is 0 Å². The molecule has 0 spiro atoms. The molecule has 3 aromatic rings. The van der Waals surface area contributed by atoms with Crippen molar-refractivity contribution in [2.45, 2.75) is 50.6 Å². The van der Waals surface area contributed by atoms with E-state index in [0.29, 0.717) is 18.4 Å². The van der Waals surface area contributed by atoms with E-state index in [1.807, 2.05) is 61.5 Å². The van der Waals surface area contributed by atoms with Crippen LogP contribution in [0.1, 0.15) is 37.7 Å². The van der Waals surface area contributed by atoms with Gasteiger partial charge in [-0.1, -0.05) is 24.3 Å². The Labute approximate surface area is 195 Å². The van der Waals surface area contributed by atoms with E-state index in [2.05, 4.69) is 16.7 Å². The summed E-state index contributed by atoms with van der Waals surface area (Å²) in [5.74, 6) is 2.54. The Balaban J connectivity index is 1.26. The summed E-state index contributed by atoms with van der Waals surface area (Å²) in [4.78, 5) is 23.9. The Morgan fingerprint density at radius 2 is 1.70 bits per heavy atom. The minimum absolute atomic E-state index is 0.121. The second-order valence-corrected chi connectivity index (χ2v) is 8.89. The molecule has 2 aromatic carbocycles. The summed E-state index contributed by atoms with van der Waals surface area (Å²) in [6, 6.07) is 16.5. The minimum Gasteiger partial charge on any atom is -0.497 e. The minimum atomic E-state index is 0.121. The van der Waals surface area contributed by atoms with Gasteiger partial charge in [-0.15, -0.1) is 0 Å². The van der Waals surface area contributed by atoms with E-state index in [-0.39, 0.29) is 11.9 Å². The molecule has 0 unspecified atom stereocenters. The van der Waals surface area contributed by atoms with Crippen molar-refractivity contribution >= 4 is 28.6 Å². The molecule has 0 saturated heterocycles. The van der Waals surface area contributed by atoms with Crippen LogP contribution in [0.15, 0.2) is 48.5 Å². The van der Waals surface area contributed by atoms with Gasteiger partial charge in [0.15, 0.2) is 0 Å². The number of nitrogens with one attached hydrogen (secondary N) is 2. The molecule has 1 heterocycles. The Morgan fingerprint density at radius 1 is 1.00 bits per heavy atom. The topological polar surface area (TPSA) is 79.4 Å². The molecule has 0 radical (unpaired) electrons. The van der Waals surface area contributed by atoms with E-state index in [9.17, 15) is 4.79 Å². The smallest absolute Gasteiger partial charge is 0.225 e. The Hall–Kier alpha value is -3.35. The highest BCUT2D eigenvalue weighted by Gasteiger charge is 2.23. The zero-order valence-corrected chi connectivity index (χ0v) is 19.7. The first-order valence-electron chi connectivity index (χ1n) is 11.6. The quantitative estimate of drug-likeness (QED) is 0.539. The normalized spacial score (nSPS) is 18.0. The molecule has 1 saturated carbocycles. The van der Waals surface area contributed by atoms with Crippen molar-refractivity contribution in [3.8, 4) is 5.75 Å².